The lowest BCUT2D eigenvalue weighted by molar-refractivity contribution is -0.124. The highest BCUT2D eigenvalue weighted by Gasteiger charge is 2.26. The van der Waals surface area contributed by atoms with E-state index in [2.05, 4.69) is 10.6 Å². The van der Waals surface area contributed by atoms with Crippen LogP contribution in [0.2, 0.25) is 5.02 Å². The van der Waals surface area contributed by atoms with E-state index in [-0.39, 0.29) is 30.3 Å². The van der Waals surface area contributed by atoms with Gasteiger partial charge in [0.15, 0.2) is 0 Å². The van der Waals surface area contributed by atoms with Gasteiger partial charge in [-0.25, -0.2) is 0 Å². The lowest BCUT2D eigenvalue weighted by Gasteiger charge is -2.23. The Hall–Kier alpha value is -1.75. The fraction of sp³-hybridized carbons (Fsp3) is 0.316. The van der Waals surface area contributed by atoms with E-state index in [9.17, 15) is 4.79 Å². The highest BCUT2D eigenvalue weighted by Crippen LogP contribution is 2.30. The molecule has 0 aromatic heterocycles. The number of rotatable bonds is 5. The number of carbonyl (C=O) groups is 1. The molecule has 6 heteroatoms. The molecule has 3 rings (SSSR count). The van der Waals surface area contributed by atoms with Crippen molar-refractivity contribution in [1.29, 1.82) is 0 Å². The van der Waals surface area contributed by atoms with Gasteiger partial charge in [-0.05, 0) is 42.3 Å². The number of ether oxygens (including phenoxy) is 1. The standard InChI is InChI=1S/C19H21ClN2O2.ClH/c1-24-15-8-6-13(7-9-15)18(16-4-2-3-5-17(16)20)22-19(23)14-10-11-21-12-14;/h2-9,14,18,21H,10-12H2,1H3,(H,22,23);1H. The maximum absolute atomic E-state index is 12.6. The minimum Gasteiger partial charge on any atom is -0.497 e. The summed E-state index contributed by atoms with van der Waals surface area (Å²) in [4.78, 5) is 12.6. The number of amides is 1. The molecule has 2 aromatic carbocycles. The van der Waals surface area contributed by atoms with Crippen molar-refractivity contribution in [3.8, 4) is 5.75 Å². The average molecular weight is 381 g/mol. The van der Waals surface area contributed by atoms with Crippen molar-refractivity contribution < 1.29 is 9.53 Å². The molecule has 1 heterocycles. The molecule has 1 aliphatic rings. The topological polar surface area (TPSA) is 50.4 Å². The predicted molar refractivity (Wildman–Crippen MR) is 103 cm³/mol. The first-order chi connectivity index (χ1) is 11.7. The van der Waals surface area contributed by atoms with Crippen molar-refractivity contribution in [2.24, 2.45) is 5.92 Å². The molecule has 2 N–H and O–H groups in total. The summed E-state index contributed by atoms with van der Waals surface area (Å²) in [7, 11) is 1.63. The maximum atomic E-state index is 12.6. The Morgan fingerprint density at radius 1 is 1.24 bits per heavy atom. The van der Waals surface area contributed by atoms with Gasteiger partial charge in [-0.2, -0.15) is 0 Å². The number of hydrogen-bond acceptors (Lipinski definition) is 3. The van der Waals surface area contributed by atoms with E-state index in [4.69, 9.17) is 16.3 Å². The zero-order valence-electron chi connectivity index (χ0n) is 14.0. The van der Waals surface area contributed by atoms with Gasteiger partial charge in [0.1, 0.15) is 5.75 Å². The summed E-state index contributed by atoms with van der Waals surface area (Å²) in [6.45, 7) is 1.61. The van der Waals surface area contributed by atoms with Crippen molar-refractivity contribution in [2.75, 3.05) is 20.2 Å². The lowest BCUT2D eigenvalue weighted by atomic mass is 9.97. The van der Waals surface area contributed by atoms with Crippen molar-refractivity contribution in [1.82, 2.24) is 10.6 Å². The molecule has 0 spiro atoms. The Kier molecular flexibility index (Phi) is 7.12. The second-order valence-electron chi connectivity index (χ2n) is 5.93. The number of nitrogens with one attached hydrogen (secondary N) is 2. The summed E-state index contributed by atoms with van der Waals surface area (Å²) < 4.78 is 5.22. The summed E-state index contributed by atoms with van der Waals surface area (Å²) in [5.41, 5.74) is 1.87. The summed E-state index contributed by atoms with van der Waals surface area (Å²) in [5, 5.41) is 7.04. The fourth-order valence-electron chi connectivity index (χ4n) is 2.98. The van der Waals surface area contributed by atoms with Gasteiger partial charge in [0.2, 0.25) is 5.91 Å². The average Bonchev–Trinajstić information content (AvgIpc) is 3.15. The SMILES string of the molecule is COc1ccc(C(NC(=O)C2CCNC2)c2ccccc2Cl)cc1.Cl. The van der Waals surface area contributed by atoms with Crippen LogP contribution in [-0.2, 0) is 4.79 Å². The van der Waals surface area contributed by atoms with Crippen LogP contribution in [0.3, 0.4) is 0 Å². The second kappa shape index (κ2) is 9.09. The van der Waals surface area contributed by atoms with E-state index < -0.39 is 0 Å². The van der Waals surface area contributed by atoms with Crippen LogP contribution in [-0.4, -0.2) is 26.1 Å². The molecule has 1 aliphatic heterocycles. The monoisotopic (exact) mass is 380 g/mol. The first kappa shape index (κ1) is 19.6. The van der Waals surface area contributed by atoms with Gasteiger partial charge in [0, 0.05) is 11.6 Å². The third-order valence-corrected chi connectivity index (χ3v) is 4.73. The van der Waals surface area contributed by atoms with Crippen molar-refractivity contribution in [3.63, 3.8) is 0 Å². The minimum atomic E-state index is -0.280. The fourth-order valence-corrected chi connectivity index (χ4v) is 3.23. The molecule has 4 nitrogen and oxygen atoms in total. The minimum absolute atomic E-state index is 0. The molecule has 1 saturated heterocycles. The number of carbonyl (C=O) groups excluding carboxylic acids is 1. The molecule has 0 saturated carbocycles. The van der Waals surface area contributed by atoms with Gasteiger partial charge in [-0.1, -0.05) is 41.9 Å². The molecule has 1 amide bonds. The second-order valence-corrected chi connectivity index (χ2v) is 6.33. The van der Waals surface area contributed by atoms with Crippen LogP contribution < -0.4 is 15.4 Å². The van der Waals surface area contributed by atoms with Gasteiger partial charge in [0.25, 0.3) is 0 Å². The Balaban J connectivity index is 0.00000225. The molecule has 2 aromatic rings. The van der Waals surface area contributed by atoms with E-state index in [0.29, 0.717) is 5.02 Å². The Morgan fingerprint density at radius 3 is 2.56 bits per heavy atom. The molecule has 2 unspecified atom stereocenters. The van der Waals surface area contributed by atoms with Crippen LogP contribution in [0.15, 0.2) is 48.5 Å². The number of hydrogen-bond donors (Lipinski definition) is 2. The number of methoxy groups -OCH3 is 1. The maximum Gasteiger partial charge on any atom is 0.225 e. The normalized spacial score (nSPS) is 17.4. The van der Waals surface area contributed by atoms with Crippen molar-refractivity contribution >= 4 is 29.9 Å². The van der Waals surface area contributed by atoms with E-state index in [0.717, 1.165) is 36.4 Å². The zero-order chi connectivity index (χ0) is 16.9. The first-order valence-corrected chi connectivity index (χ1v) is 8.46. The van der Waals surface area contributed by atoms with Crippen LogP contribution in [0.25, 0.3) is 0 Å². The summed E-state index contributed by atoms with van der Waals surface area (Å²) in [6.07, 6.45) is 0.865. The molecule has 0 aliphatic carbocycles. The smallest absolute Gasteiger partial charge is 0.225 e. The molecular formula is C19H22Cl2N2O2. The quantitative estimate of drug-likeness (QED) is 0.833. The highest BCUT2D eigenvalue weighted by atomic mass is 35.5. The van der Waals surface area contributed by atoms with Crippen molar-refractivity contribution in [2.45, 2.75) is 12.5 Å². The van der Waals surface area contributed by atoms with Gasteiger partial charge in [-0.15, -0.1) is 12.4 Å². The van der Waals surface area contributed by atoms with Crippen molar-refractivity contribution in [3.05, 3.63) is 64.7 Å². The van der Waals surface area contributed by atoms with Crippen LogP contribution in [0.4, 0.5) is 0 Å². The molecule has 0 bridgehead atoms. The summed E-state index contributed by atoms with van der Waals surface area (Å²) >= 11 is 6.38. The largest absolute Gasteiger partial charge is 0.497 e. The predicted octanol–water partition coefficient (Wildman–Crippen LogP) is 3.59. The zero-order valence-corrected chi connectivity index (χ0v) is 15.6. The lowest BCUT2D eigenvalue weighted by Crippen LogP contribution is -2.35. The Bertz CT molecular complexity index is 701. The van der Waals surface area contributed by atoms with Gasteiger partial charge in [0.05, 0.1) is 19.1 Å². The van der Waals surface area contributed by atoms with E-state index in [1.165, 1.54) is 0 Å². The first-order valence-electron chi connectivity index (χ1n) is 8.08. The molecule has 1 fully saturated rings. The third kappa shape index (κ3) is 4.66. The molecule has 2 atom stereocenters. The molecule has 25 heavy (non-hydrogen) atoms. The third-order valence-electron chi connectivity index (χ3n) is 4.38. The van der Waals surface area contributed by atoms with E-state index >= 15 is 0 Å². The summed E-state index contributed by atoms with van der Waals surface area (Å²) in [5.74, 6) is 0.844. The highest BCUT2D eigenvalue weighted by molar-refractivity contribution is 6.31. The summed E-state index contributed by atoms with van der Waals surface area (Å²) in [6, 6.07) is 15.0. The van der Waals surface area contributed by atoms with Crippen LogP contribution in [0.1, 0.15) is 23.6 Å². The van der Waals surface area contributed by atoms with Crippen LogP contribution in [0, 0.1) is 5.92 Å². The molecular weight excluding hydrogens is 359 g/mol. The Labute approximate surface area is 159 Å². The van der Waals surface area contributed by atoms with Gasteiger partial charge >= 0.3 is 0 Å². The van der Waals surface area contributed by atoms with Crippen LogP contribution >= 0.6 is 24.0 Å². The number of benzene rings is 2. The molecule has 0 radical (unpaired) electrons. The van der Waals surface area contributed by atoms with E-state index in [1.54, 1.807) is 7.11 Å². The Morgan fingerprint density at radius 2 is 1.96 bits per heavy atom. The molecule has 134 valence electrons. The van der Waals surface area contributed by atoms with Gasteiger partial charge in [-0.3, -0.25) is 4.79 Å². The van der Waals surface area contributed by atoms with Crippen LogP contribution in [0.5, 0.6) is 5.75 Å². The van der Waals surface area contributed by atoms with Gasteiger partial charge < -0.3 is 15.4 Å². The van der Waals surface area contributed by atoms with E-state index in [1.807, 2.05) is 48.5 Å². The number of halogens is 2.